The van der Waals surface area contributed by atoms with Crippen molar-refractivity contribution in [3.8, 4) is 17.0 Å². The van der Waals surface area contributed by atoms with Crippen molar-refractivity contribution in [1.29, 1.82) is 0 Å². The lowest BCUT2D eigenvalue weighted by atomic mass is 10.1. The van der Waals surface area contributed by atoms with Crippen LogP contribution in [0.25, 0.3) is 11.3 Å². The van der Waals surface area contributed by atoms with Gasteiger partial charge in [-0.05, 0) is 35.9 Å². The van der Waals surface area contributed by atoms with Gasteiger partial charge in [-0.25, -0.2) is 4.98 Å². The van der Waals surface area contributed by atoms with Crippen molar-refractivity contribution in [2.24, 2.45) is 0 Å². The number of nitrogens with zero attached hydrogens (tertiary/aromatic N) is 1. The molecule has 0 aliphatic carbocycles. The number of nitrogen functional groups attached to an aromatic ring is 1. The molecule has 2 N–H and O–H groups in total. The fraction of sp³-hybridized carbons (Fsp3) is 0.0625. The molecule has 1 heterocycles. The molecule has 0 spiro atoms. The van der Waals surface area contributed by atoms with Crippen molar-refractivity contribution in [2.45, 2.75) is 6.61 Å². The number of hydrogen-bond acceptors (Lipinski definition) is 4. The number of rotatable bonds is 4. The molecule has 6 heteroatoms. The maximum absolute atomic E-state index is 6.05. The fourth-order valence-corrected chi connectivity index (χ4v) is 2.87. The summed E-state index contributed by atoms with van der Waals surface area (Å²) in [6, 6.07) is 11.0. The van der Waals surface area contributed by atoms with Gasteiger partial charge in [0.25, 0.3) is 0 Å². The molecule has 3 rings (SSSR count). The number of anilines is 1. The van der Waals surface area contributed by atoms with Crippen LogP contribution in [-0.4, -0.2) is 4.98 Å². The van der Waals surface area contributed by atoms with E-state index in [4.69, 9.17) is 33.7 Å². The Morgan fingerprint density at radius 2 is 1.95 bits per heavy atom. The lowest BCUT2D eigenvalue weighted by Gasteiger charge is -2.10. The predicted octanol–water partition coefficient (Wildman–Crippen LogP) is 5.28. The molecular formula is C16H12Cl2N2OS. The summed E-state index contributed by atoms with van der Waals surface area (Å²) >= 11 is 13.4. The summed E-state index contributed by atoms with van der Waals surface area (Å²) in [5.41, 5.74) is 11.2. The second kappa shape index (κ2) is 6.57. The Balaban J connectivity index is 1.74. The van der Waals surface area contributed by atoms with Crippen LogP contribution < -0.4 is 10.5 Å². The largest absolute Gasteiger partial charge is 0.487 e. The second-order valence-electron chi connectivity index (χ2n) is 4.66. The quantitative estimate of drug-likeness (QED) is 0.651. The third-order valence-corrected chi connectivity index (χ3v) is 4.44. The zero-order valence-electron chi connectivity index (χ0n) is 11.4. The summed E-state index contributed by atoms with van der Waals surface area (Å²) in [6.45, 7) is 0.372. The molecule has 0 saturated heterocycles. The molecule has 0 radical (unpaired) electrons. The van der Waals surface area contributed by atoms with E-state index in [1.807, 2.05) is 29.6 Å². The van der Waals surface area contributed by atoms with E-state index in [0.717, 1.165) is 16.8 Å². The van der Waals surface area contributed by atoms with Crippen LogP contribution in [0.3, 0.4) is 0 Å². The first-order valence-corrected chi connectivity index (χ1v) is 8.18. The molecule has 0 amide bonds. The zero-order valence-corrected chi connectivity index (χ0v) is 13.8. The van der Waals surface area contributed by atoms with Gasteiger partial charge in [0, 0.05) is 10.9 Å². The maximum atomic E-state index is 6.05. The van der Waals surface area contributed by atoms with E-state index in [0.29, 0.717) is 28.1 Å². The van der Waals surface area contributed by atoms with Crippen LogP contribution >= 0.6 is 34.5 Å². The molecule has 0 bridgehead atoms. The number of halogens is 2. The van der Waals surface area contributed by atoms with E-state index in [9.17, 15) is 0 Å². The smallest absolute Gasteiger partial charge is 0.142 e. The van der Waals surface area contributed by atoms with Gasteiger partial charge in [0.05, 0.1) is 26.9 Å². The molecule has 3 nitrogen and oxygen atoms in total. The van der Waals surface area contributed by atoms with Crippen LogP contribution in [0.5, 0.6) is 5.75 Å². The summed E-state index contributed by atoms with van der Waals surface area (Å²) in [4.78, 5) is 4.26. The van der Waals surface area contributed by atoms with Gasteiger partial charge in [-0.3, -0.25) is 0 Å². The minimum Gasteiger partial charge on any atom is -0.487 e. The predicted molar refractivity (Wildman–Crippen MR) is 92.8 cm³/mol. The summed E-state index contributed by atoms with van der Waals surface area (Å²) in [5, 5.41) is 3.01. The van der Waals surface area contributed by atoms with E-state index >= 15 is 0 Å². The van der Waals surface area contributed by atoms with E-state index in [2.05, 4.69) is 4.98 Å². The maximum Gasteiger partial charge on any atom is 0.142 e. The van der Waals surface area contributed by atoms with Gasteiger partial charge in [-0.15, -0.1) is 11.3 Å². The van der Waals surface area contributed by atoms with Crippen molar-refractivity contribution < 1.29 is 4.74 Å². The van der Waals surface area contributed by atoms with Gasteiger partial charge in [0.15, 0.2) is 0 Å². The first kappa shape index (κ1) is 15.2. The van der Waals surface area contributed by atoms with Gasteiger partial charge in [-0.2, -0.15) is 0 Å². The van der Waals surface area contributed by atoms with Crippen LogP contribution in [0, 0.1) is 0 Å². The molecule has 1 aromatic heterocycles. The Bertz CT molecular complexity index is 791. The lowest BCUT2D eigenvalue weighted by Crippen LogP contribution is -1.99. The number of aromatic nitrogens is 1. The van der Waals surface area contributed by atoms with E-state index in [1.165, 1.54) is 0 Å². The van der Waals surface area contributed by atoms with Gasteiger partial charge in [0.2, 0.25) is 0 Å². The third-order valence-electron chi connectivity index (χ3n) is 3.12. The molecule has 22 heavy (non-hydrogen) atoms. The van der Waals surface area contributed by atoms with Crippen molar-refractivity contribution in [3.05, 3.63) is 62.9 Å². The number of hydrogen-bond donors (Lipinski definition) is 1. The molecule has 0 saturated carbocycles. The Morgan fingerprint density at radius 1 is 1.09 bits per heavy atom. The number of ether oxygens (including phenoxy) is 1. The molecule has 3 aromatic rings. The molecule has 0 atom stereocenters. The Labute approximate surface area is 142 Å². The van der Waals surface area contributed by atoms with Crippen molar-refractivity contribution in [1.82, 2.24) is 4.98 Å². The molecular weight excluding hydrogens is 339 g/mol. The average Bonchev–Trinajstić information content (AvgIpc) is 3.04. The summed E-state index contributed by atoms with van der Waals surface area (Å²) < 4.78 is 5.75. The monoisotopic (exact) mass is 350 g/mol. The second-order valence-corrected chi connectivity index (χ2v) is 6.20. The first-order chi connectivity index (χ1) is 10.6. The molecule has 0 aliphatic heterocycles. The van der Waals surface area contributed by atoms with Gasteiger partial charge < -0.3 is 10.5 Å². The highest BCUT2D eigenvalue weighted by atomic mass is 35.5. The fourth-order valence-electron chi connectivity index (χ4n) is 1.98. The van der Waals surface area contributed by atoms with Gasteiger partial charge in [-0.1, -0.05) is 29.3 Å². The standard InChI is InChI=1S/C16H12Cl2N2OS/c17-12-3-1-10(5-13(12)18)7-21-16-4-2-11(6-14(16)19)15-8-22-9-20-15/h1-6,8-9H,7,19H2. The van der Waals surface area contributed by atoms with Crippen molar-refractivity contribution in [3.63, 3.8) is 0 Å². The van der Waals surface area contributed by atoms with Crippen LogP contribution in [0.1, 0.15) is 5.56 Å². The average molecular weight is 351 g/mol. The number of thiazole rings is 1. The highest BCUT2D eigenvalue weighted by molar-refractivity contribution is 7.07. The minimum absolute atomic E-state index is 0.372. The van der Waals surface area contributed by atoms with Crippen LogP contribution in [0.2, 0.25) is 10.0 Å². The molecule has 0 aliphatic rings. The molecule has 0 fully saturated rings. The minimum atomic E-state index is 0.372. The molecule has 2 aromatic carbocycles. The normalized spacial score (nSPS) is 10.6. The van der Waals surface area contributed by atoms with Gasteiger partial charge in [0.1, 0.15) is 12.4 Å². The Morgan fingerprint density at radius 3 is 2.64 bits per heavy atom. The molecule has 112 valence electrons. The Hall–Kier alpha value is -1.75. The van der Waals surface area contributed by atoms with Crippen LogP contribution in [-0.2, 0) is 6.61 Å². The first-order valence-electron chi connectivity index (χ1n) is 6.48. The third kappa shape index (κ3) is 3.35. The van der Waals surface area contributed by atoms with Crippen molar-refractivity contribution >= 4 is 40.2 Å². The number of benzene rings is 2. The van der Waals surface area contributed by atoms with E-state index in [1.54, 1.807) is 29.0 Å². The summed E-state index contributed by atoms with van der Waals surface area (Å²) in [6.07, 6.45) is 0. The molecule has 0 unspecified atom stereocenters. The van der Waals surface area contributed by atoms with Crippen LogP contribution in [0.4, 0.5) is 5.69 Å². The zero-order chi connectivity index (χ0) is 15.5. The van der Waals surface area contributed by atoms with E-state index in [-0.39, 0.29) is 0 Å². The topological polar surface area (TPSA) is 48.1 Å². The Kier molecular flexibility index (Phi) is 4.52. The SMILES string of the molecule is Nc1cc(-c2cscn2)ccc1OCc1ccc(Cl)c(Cl)c1. The highest BCUT2D eigenvalue weighted by Gasteiger charge is 2.06. The lowest BCUT2D eigenvalue weighted by molar-refractivity contribution is 0.308. The van der Waals surface area contributed by atoms with Crippen molar-refractivity contribution in [2.75, 3.05) is 5.73 Å². The van der Waals surface area contributed by atoms with Crippen LogP contribution in [0.15, 0.2) is 47.3 Å². The van der Waals surface area contributed by atoms with Gasteiger partial charge >= 0.3 is 0 Å². The number of nitrogens with two attached hydrogens (primary N) is 1. The summed E-state index contributed by atoms with van der Waals surface area (Å²) in [5.74, 6) is 0.630. The highest BCUT2D eigenvalue weighted by Crippen LogP contribution is 2.29. The summed E-state index contributed by atoms with van der Waals surface area (Å²) in [7, 11) is 0. The van der Waals surface area contributed by atoms with E-state index < -0.39 is 0 Å².